The SMILES string of the molecule is Cc1ccccc1Oc1ccc(N2C(=S)N[C@@H](c3ccccn3)[C@@H]2c2cccn2-c2cccc(Cl)c2)cc1. The molecular weight excluding hydrogens is 512 g/mol. The van der Waals surface area contributed by atoms with E-state index in [0.29, 0.717) is 10.1 Å². The molecule has 1 N–H and O–H groups in total. The summed E-state index contributed by atoms with van der Waals surface area (Å²) < 4.78 is 8.30. The number of hydrogen-bond acceptors (Lipinski definition) is 3. The van der Waals surface area contributed by atoms with Gasteiger partial charge in [-0.15, -0.1) is 0 Å². The van der Waals surface area contributed by atoms with Crippen LogP contribution in [-0.4, -0.2) is 14.7 Å². The predicted molar refractivity (Wildman–Crippen MR) is 156 cm³/mol. The van der Waals surface area contributed by atoms with Gasteiger partial charge in [-0.05, 0) is 97.5 Å². The molecule has 3 heterocycles. The Morgan fingerprint density at radius 3 is 2.45 bits per heavy atom. The Kier molecular flexibility index (Phi) is 6.58. The van der Waals surface area contributed by atoms with Gasteiger partial charge in [0, 0.05) is 34.5 Å². The molecule has 7 heteroatoms. The molecule has 6 rings (SSSR count). The maximum atomic E-state index is 6.35. The Labute approximate surface area is 232 Å². The van der Waals surface area contributed by atoms with Gasteiger partial charge in [0.25, 0.3) is 0 Å². The Bertz CT molecular complexity index is 1590. The number of benzene rings is 3. The number of aromatic nitrogens is 2. The van der Waals surface area contributed by atoms with Crippen LogP contribution in [0.25, 0.3) is 5.69 Å². The van der Waals surface area contributed by atoms with Crippen LogP contribution in [0.15, 0.2) is 116 Å². The van der Waals surface area contributed by atoms with Crippen LogP contribution < -0.4 is 15.0 Å². The first-order valence-electron chi connectivity index (χ1n) is 12.4. The summed E-state index contributed by atoms with van der Waals surface area (Å²) in [6, 6.07) is 33.7. The molecule has 1 aliphatic rings. The van der Waals surface area contributed by atoms with E-state index in [4.69, 9.17) is 28.6 Å². The lowest BCUT2D eigenvalue weighted by Crippen LogP contribution is -2.30. The zero-order valence-electron chi connectivity index (χ0n) is 20.7. The van der Waals surface area contributed by atoms with Crippen LogP contribution in [0, 0.1) is 6.92 Å². The maximum absolute atomic E-state index is 6.35. The fourth-order valence-electron chi connectivity index (χ4n) is 4.90. The topological polar surface area (TPSA) is 42.3 Å². The largest absolute Gasteiger partial charge is 0.457 e. The van der Waals surface area contributed by atoms with Gasteiger partial charge in [-0.1, -0.05) is 41.9 Å². The van der Waals surface area contributed by atoms with Gasteiger partial charge in [0.05, 0.1) is 11.7 Å². The van der Waals surface area contributed by atoms with Crippen LogP contribution in [0.3, 0.4) is 0 Å². The molecule has 2 aromatic heterocycles. The zero-order chi connectivity index (χ0) is 26.1. The summed E-state index contributed by atoms with van der Waals surface area (Å²) in [5.41, 5.74) is 5.01. The number of pyridine rings is 1. The molecule has 5 aromatic rings. The third-order valence-corrected chi connectivity index (χ3v) is 7.25. The molecule has 0 aliphatic carbocycles. The first kappa shape index (κ1) is 24.2. The quantitative estimate of drug-likeness (QED) is 0.224. The number of nitrogens with one attached hydrogen (secondary N) is 1. The highest BCUT2D eigenvalue weighted by Gasteiger charge is 2.42. The summed E-state index contributed by atoms with van der Waals surface area (Å²) in [6.45, 7) is 2.04. The monoisotopic (exact) mass is 536 g/mol. The molecule has 0 bridgehead atoms. The average molecular weight is 537 g/mol. The number of thiocarbonyl (C=S) groups is 1. The van der Waals surface area contributed by atoms with Crippen molar-refractivity contribution in [2.75, 3.05) is 4.90 Å². The Balaban J connectivity index is 1.40. The van der Waals surface area contributed by atoms with E-state index in [9.17, 15) is 0 Å². The number of ether oxygens (including phenoxy) is 1. The van der Waals surface area contributed by atoms with Crippen LogP contribution in [-0.2, 0) is 0 Å². The van der Waals surface area contributed by atoms with Gasteiger partial charge in [-0.3, -0.25) is 4.98 Å². The number of para-hydroxylation sites is 1. The first-order chi connectivity index (χ1) is 18.6. The summed E-state index contributed by atoms with van der Waals surface area (Å²) in [6.07, 6.45) is 3.86. The molecule has 2 atom stereocenters. The van der Waals surface area contributed by atoms with Crippen molar-refractivity contribution in [1.29, 1.82) is 0 Å². The van der Waals surface area contributed by atoms with Crippen molar-refractivity contribution in [3.05, 3.63) is 137 Å². The van der Waals surface area contributed by atoms with Gasteiger partial charge < -0.3 is 19.5 Å². The van der Waals surface area contributed by atoms with Crippen molar-refractivity contribution < 1.29 is 4.74 Å². The molecule has 0 unspecified atom stereocenters. The van der Waals surface area contributed by atoms with Crippen molar-refractivity contribution in [3.63, 3.8) is 0 Å². The Morgan fingerprint density at radius 1 is 0.868 bits per heavy atom. The van der Waals surface area contributed by atoms with E-state index in [1.54, 1.807) is 0 Å². The van der Waals surface area contributed by atoms with Gasteiger partial charge >= 0.3 is 0 Å². The minimum absolute atomic E-state index is 0.153. The Morgan fingerprint density at radius 2 is 1.68 bits per heavy atom. The summed E-state index contributed by atoms with van der Waals surface area (Å²) in [5.74, 6) is 1.60. The van der Waals surface area contributed by atoms with Crippen molar-refractivity contribution in [3.8, 4) is 17.2 Å². The molecule has 1 fully saturated rings. The molecule has 3 aromatic carbocycles. The third kappa shape index (κ3) is 4.64. The first-order valence-corrected chi connectivity index (χ1v) is 13.1. The molecule has 0 radical (unpaired) electrons. The molecule has 5 nitrogen and oxygen atoms in total. The van der Waals surface area contributed by atoms with Crippen LogP contribution in [0.5, 0.6) is 11.5 Å². The highest BCUT2D eigenvalue weighted by Crippen LogP contribution is 2.42. The highest BCUT2D eigenvalue weighted by molar-refractivity contribution is 7.80. The normalized spacial score (nSPS) is 16.9. The van der Waals surface area contributed by atoms with Crippen LogP contribution in [0.2, 0.25) is 5.02 Å². The molecule has 38 heavy (non-hydrogen) atoms. The van der Waals surface area contributed by atoms with Gasteiger partial charge in [0.15, 0.2) is 5.11 Å². The average Bonchev–Trinajstić information content (AvgIpc) is 3.55. The predicted octanol–water partition coefficient (Wildman–Crippen LogP) is 7.80. The lowest BCUT2D eigenvalue weighted by Gasteiger charge is -2.29. The second-order valence-corrected chi connectivity index (χ2v) is 9.96. The Hall–Kier alpha value is -4.13. The van der Waals surface area contributed by atoms with Gasteiger partial charge in [0.2, 0.25) is 0 Å². The van der Waals surface area contributed by atoms with E-state index >= 15 is 0 Å². The number of hydrogen-bond donors (Lipinski definition) is 1. The van der Waals surface area contributed by atoms with E-state index < -0.39 is 0 Å². The number of anilines is 1. The lowest BCUT2D eigenvalue weighted by molar-refractivity contribution is 0.479. The second kappa shape index (κ2) is 10.3. The minimum atomic E-state index is -0.158. The number of nitrogens with zero attached hydrogens (tertiary/aromatic N) is 3. The van der Waals surface area contributed by atoms with Crippen molar-refractivity contribution >= 4 is 34.6 Å². The lowest BCUT2D eigenvalue weighted by atomic mass is 10.0. The van der Waals surface area contributed by atoms with Crippen LogP contribution >= 0.6 is 23.8 Å². The van der Waals surface area contributed by atoms with E-state index in [0.717, 1.165) is 39.8 Å². The van der Waals surface area contributed by atoms with Gasteiger partial charge in [-0.25, -0.2) is 0 Å². The number of aryl methyl sites for hydroxylation is 1. The standard InChI is InChI=1S/C31H25ClN4OS/c1-21-8-2-3-13-28(21)37-25-16-14-23(15-17-25)36-30(29(34-31(36)38)26-11-4-5-18-33-26)27-12-7-19-35(27)24-10-6-9-22(32)20-24/h2-20,29-30H,1H3,(H,34,38)/t29-,30-/m0/s1. The summed E-state index contributed by atoms with van der Waals surface area (Å²) in [5, 5.41) is 4.85. The molecule has 0 spiro atoms. The molecule has 1 saturated heterocycles. The number of rotatable bonds is 6. The van der Waals surface area contributed by atoms with E-state index in [1.165, 1.54) is 0 Å². The molecular formula is C31H25ClN4OS. The second-order valence-electron chi connectivity index (χ2n) is 9.14. The van der Waals surface area contributed by atoms with Gasteiger partial charge in [-0.2, -0.15) is 0 Å². The van der Waals surface area contributed by atoms with Crippen molar-refractivity contribution in [2.24, 2.45) is 0 Å². The van der Waals surface area contributed by atoms with E-state index in [-0.39, 0.29) is 12.1 Å². The minimum Gasteiger partial charge on any atom is -0.457 e. The highest BCUT2D eigenvalue weighted by atomic mass is 35.5. The fourth-order valence-corrected chi connectivity index (χ4v) is 5.43. The summed E-state index contributed by atoms with van der Waals surface area (Å²) >= 11 is 12.3. The van der Waals surface area contributed by atoms with Crippen LogP contribution in [0.4, 0.5) is 5.69 Å². The zero-order valence-corrected chi connectivity index (χ0v) is 22.2. The smallest absolute Gasteiger partial charge is 0.174 e. The molecule has 0 amide bonds. The summed E-state index contributed by atoms with van der Waals surface area (Å²) in [4.78, 5) is 6.83. The fraction of sp³-hybridized carbons (Fsp3) is 0.0968. The molecule has 0 saturated carbocycles. The van der Waals surface area contributed by atoms with Gasteiger partial charge in [0.1, 0.15) is 17.5 Å². The third-order valence-electron chi connectivity index (χ3n) is 6.70. The van der Waals surface area contributed by atoms with E-state index in [1.807, 2.05) is 110 Å². The number of halogens is 1. The maximum Gasteiger partial charge on any atom is 0.174 e. The van der Waals surface area contributed by atoms with Crippen molar-refractivity contribution in [2.45, 2.75) is 19.0 Å². The molecule has 1 aliphatic heterocycles. The van der Waals surface area contributed by atoms with Crippen molar-refractivity contribution in [1.82, 2.24) is 14.9 Å². The summed E-state index contributed by atoms with van der Waals surface area (Å²) in [7, 11) is 0. The van der Waals surface area contributed by atoms with Crippen LogP contribution in [0.1, 0.15) is 29.0 Å². The van der Waals surface area contributed by atoms with E-state index in [2.05, 4.69) is 32.0 Å². The molecule has 188 valence electrons.